The van der Waals surface area contributed by atoms with Crippen molar-refractivity contribution in [3.05, 3.63) is 82.6 Å². The van der Waals surface area contributed by atoms with Crippen molar-refractivity contribution < 1.29 is 33.4 Å². The van der Waals surface area contributed by atoms with Crippen molar-refractivity contribution >= 4 is 40.9 Å². The molecule has 12 heteroatoms. The molecule has 0 aromatic heterocycles. The molecule has 4 aliphatic heterocycles. The van der Waals surface area contributed by atoms with Gasteiger partial charge < -0.3 is 34.6 Å². The molecular weight excluding hydrogens is 759 g/mol. The zero-order valence-corrected chi connectivity index (χ0v) is 35.5. The summed E-state index contributed by atoms with van der Waals surface area (Å²) in [5.74, 6) is -0.145. The first kappa shape index (κ1) is 41.5. The van der Waals surface area contributed by atoms with Crippen molar-refractivity contribution in [3.8, 4) is 11.1 Å². The largest absolute Gasteiger partial charge is 0.453 e. The standard InChI is InChI=1S/C48H59N5O7/c1-29(2)43(50-47(56)58-3)45(54)52-22-6-10-41(52)39-27-38(36-8-5-9-37(36)39)33-18-16-31(17-19-33)30-12-14-32(15-13-30)35-26-40(49-28-35)42-11-7-23-53(42)46(55)44(51-48(57)59-4)34-20-24-60-25-21-34/h12-19,28-29,34,41-44H,5-11,20-27H2,1-4H3,(H,50,56)(H,51,57)/t41?,42-,43-,44?/m0/s1. The molecule has 0 spiro atoms. The van der Waals surface area contributed by atoms with Crippen LogP contribution in [0.15, 0.2) is 76.4 Å². The average Bonchev–Trinajstić information content (AvgIpc) is 4.13. The summed E-state index contributed by atoms with van der Waals surface area (Å²) in [6, 6.07) is 16.3. The van der Waals surface area contributed by atoms with Crippen LogP contribution >= 0.6 is 0 Å². The fourth-order valence-corrected chi connectivity index (χ4v) is 10.4. The van der Waals surface area contributed by atoms with E-state index in [4.69, 9.17) is 19.2 Å². The van der Waals surface area contributed by atoms with Crippen LogP contribution in [-0.4, -0.2) is 104 Å². The first-order valence-electron chi connectivity index (χ1n) is 21.9. The third kappa shape index (κ3) is 8.40. The summed E-state index contributed by atoms with van der Waals surface area (Å²) in [4.78, 5) is 61.1. The van der Waals surface area contributed by atoms with E-state index in [-0.39, 0.29) is 35.7 Å². The van der Waals surface area contributed by atoms with Crippen molar-refractivity contribution in [2.24, 2.45) is 16.8 Å². The number of benzene rings is 2. The van der Waals surface area contributed by atoms with E-state index in [1.807, 2.05) is 29.8 Å². The van der Waals surface area contributed by atoms with Crippen molar-refractivity contribution in [2.75, 3.05) is 40.5 Å². The van der Waals surface area contributed by atoms with Crippen LogP contribution in [0, 0.1) is 11.8 Å². The number of likely N-dealkylation sites (tertiary alicyclic amines) is 2. The summed E-state index contributed by atoms with van der Waals surface area (Å²) in [5.41, 5.74) is 12.5. The van der Waals surface area contributed by atoms with E-state index in [1.165, 1.54) is 42.1 Å². The maximum Gasteiger partial charge on any atom is 0.407 e. The zero-order chi connectivity index (χ0) is 41.9. The lowest BCUT2D eigenvalue weighted by atomic mass is 9.90. The number of hydrogen-bond acceptors (Lipinski definition) is 8. The Labute approximate surface area is 353 Å². The maximum absolute atomic E-state index is 14.0. The molecule has 2 N–H and O–H groups in total. The molecule has 4 fully saturated rings. The number of alkyl carbamates (subject to hydrolysis) is 2. The Kier molecular flexibility index (Phi) is 12.6. The number of hydrogen-bond donors (Lipinski definition) is 2. The fraction of sp³-hybridized carbons (Fsp3) is 0.521. The molecular formula is C48H59N5O7. The lowest BCUT2D eigenvalue weighted by Crippen LogP contribution is -2.55. The fourth-order valence-electron chi connectivity index (χ4n) is 10.4. The Morgan fingerprint density at radius 1 is 0.683 bits per heavy atom. The number of aliphatic imine (C=N–C) groups is 1. The molecule has 2 aliphatic carbocycles. The van der Waals surface area contributed by atoms with Gasteiger partial charge in [0.1, 0.15) is 12.1 Å². The molecule has 8 rings (SSSR count). The second-order valence-electron chi connectivity index (χ2n) is 17.4. The quantitative estimate of drug-likeness (QED) is 0.237. The molecule has 6 aliphatic rings. The van der Waals surface area contributed by atoms with E-state index in [9.17, 15) is 19.2 Å². The lowest BCUT2D eigenvalue weighted by molar-refractivity contribution is -0.136. The number of rotatable bonds is 11. The summed E-state index contributed by atoms with van der Waals surface area (Å²) in [6.45, 7) is 6.42. The first-order chi connectivity index (χ1) is 29.1. The van der Waals surface area contributed by atoms with Gasteiger partial charge in [-0.2, -0.15) is 0 Å². The molecule has 1 saturated carbocycles. The number of nitrogens with zero attached hydrogens (tertiary/aromatic N) is 3. The van der Waals surface area contributed by atoms with E-state index in [1.54, 1.807) is 0 Å². The second kappa shape index (κ2) is 18.2. The van der Waals surface area contributed by atoms with Crippen LogP contribution in [0.4, 0.5) is 9.59 Å². The van der Waals surface area contributed by atoms with Crippen LogP contribution in [0.3, 0.4) is 0 Å². The van der Waals surface area contributed by atoms with Gasteiger partial charge >= 0.3 is 12.2 Å². The van der Waals surface area contributed by atoms with Gasteiger partial charge in [-0.25, -0.2) is 9.59 Å². The minimum atomic E-state index is -0.648. The lowest BCUT2D eigenvalue weighted by Gasteiger charge is -2.34. The SMILES string of the molecule is COC(=O)NC(C(=O)N1CCC[C@H]1C1=NC=C(c2ccc(-c3ccc(C4=C5CCCC5=C(C5CCCN5C(=O)[C@@H](NC(=O)OC)C(C)C)C4)cc3)cc2)C1)C1CCOCC1. The Hall–Kier alpha value is -5.23. The monoisotopic (exact) mass is 817 g/mol. The van der Waals surface area contributed by atoms with Gasteiger partial charge in [-0.15, -0.1) is 0 Å². The molecule has 318 valence electrons. The molecule has 12 nitrogen and oxygen atoms in total. The summed E-state index contributed by atoms with van der Waals surface area (Å²) in [6.07, 6.45) is 10.6. The van der Waals surface area contributed by atoms with Gasteiger partial charge in [0, 0.05) is 44.6 Å². The third-order valence-corrected chi connectivity index (χ3v) is 13.6. The minimum Gasteiger partial charge on any atom is -0.453 e. The van der Waals surface area contributed by atoms with E-state index in [0.29, 0.717) is 45.6 Å². The Morgan fingerprint density at radius 3 is 1.92 bits per heavy atom. The van der Waals surface area contributed by atoms with E-state index in [2.05, 4.69) is 59.2 Å². The van der Waals surface area contributed by atoms with Gasteiger partial charge in [0.2, 0.25) is 11.8 Å². The molecule has 2 unspecified atom stereocenters. The maximum atomic E-state index is 14.0. The Bertz CT molecular complexity index is 2100. The molecule has 3 saturated heterocycles. The van der Waals surface area contributed by atoms with Crippen LogP contribution < -0.4 is 10.6 Å². The molecule has 0 bridgehead atoms. The smallest absolute Gasteiger partial charge is 0.407 e. The predicted molar refractivity (Wildman–Crippen MR) is 231 cm³/mol. The van der Waals surface area contributed by atoms with Gasteiger partial charge in [-0.1, -0.05) is 62.4 Å². The van der Waals surface area contributed by atoms with Crippen molar-refractivity contribution in [1.82, 2.24) is 20.4 Å². The second-order valence-corrected chi connectivity index (χ2v) is 17.4. The predicted octanol–water partition coefficient (Wildman–Crippen LogP) is 7.69. The summed E-state index contributed by atoms with van der Waals surface area (Å²) in [7, 11) is 2.65. The van der Waals surface area contributed by atoms with Crippen molar-refractivity contribution in [2.45, 2.75) is 109 Å². The molecule has 0 radical (unpaired) electrons. The van der Waals surface area contributed by atoms with Gasteiger partial charge in [-0.05, 0) is 126 Å². The molecule has 60 heavy (non-hydrogen) atoms. The summed E-state index contributed by atoms with van der Waals surface area (Å²) >= 11 is 0. The third-order valence-electron chi connectivity index (χ3n) is 13.6. The summed E-state index contributed by atoms with van der Waals surface area (Å²) in [5, 5.41) is 5.63. The number of fused-ring (bicyclic) bond motifs is 1. The summed E-state index contributed by atoms with van der Waals surface area (Å²) < 4.78 is 15.3. The highest BCUT2D eigenvalue weighted by Gasteiger charge is 2.42. The highest BCUT2D eigenvalue weighted by atomic mass is 16.5. The molecule has 4 heterocycles. The highest BCUT2D eigenvalue weighted by Crippen LogP contribution is 2.50. The van der Waals surface area contributed by atoms with Crippen molar-refractivity contribution in [1.29, 1.82) is 0 Å². The minimum absolute atomic E-state index is 0.000338. The number of carbonyl (C=O) groups excluding carboxylic acids is 4. The number of carbonyl (C=O) groups is 4. The number of allylic oxidation sites excluding steroid dienone is 4. The van der Waals surface area contributed by atoms with Crippen LogP contribution in [0.1, 0.15) is 95.6 Å². The van der Waals surface area contributed by atoms with Gasteiger partial charge in [0.15, 0.2) is 0 Å². The van der Waals surface area contributed by atoms with E-state index >= 15 is 0 Å². The highest BCUT2D eigenvalue weighted by molar-refractivity contribution is 6.04. The Balaban J connectivity index is 0.905. The first-order valence-corrected chi connectivity index (χ1v) is 21.9. The van der Waals surface area contributed by atoms with Crippen LogP contribution in [0.5, 0.6) is 0 Å². The molecule has 2 aromatic rings. The number of ether oxygens (including phenoxy) is 3. The number of nitrogens with one attached hydrogen (secondary N) is 2. The normalized spacial score (nSPS) is 22.8. The number of amides is 4. The van der Waals surface area contributed by atoms with Crippen molar-refractivity contribution in [3.63, 3.8) is 0 Å². The van der Waals surface area contributed by atoms with E-state index < -0.39 is 24.3 Å². The molecule has 2 aromatic carbocycles. The zero-order valence-electron chi connectivity index (χ0n) is 35.5. The number of methoxy groups -OCH3 is 2. The van der Waals surface area contributed by atoms with Gasteiger partial charge in [0.25, 0.3) is 0 Å². The average molecular weight is 818 g/mol. The van der Waals surface area contributed by atoms with Gasteiger partial charge in [-0.3, -0.25) is 14.6 Å². The Morgan fingerprint density at radius 2 is 1.27 bits per heavy atom. The topological polar surface area (TPSA) is 139 Å². The van der Waals surface area contributed by atoms with Gasteiger partial charge in [0.05, 0.1) is 26.3 Å². The molecule has 4 atom stereocenters. The molecule has 4 amide bonds. The van der Waals surface area contributed by atoms with E-state index in [0.717, 1.165) is 79.3 Å². The van der Waals surface area contributed by atoms with Crippen LogP contribution in [0.25, 0.3) is 22.3 Å². The van der Waals surface area contributed by atoms with Crippen LogP contribution in [-0.2, 0) is 23.8 Å². The van der Waals surface area contributed by atoms with Crippen LogP contribution in [0.2, 0.25) is 0 Å².